The highest BCUT2D eigenvalue weighted by atomic mass is 16.3. The van der Waals surface area contributed by atoms with E-state index in [4.69, 9.17) is 0 Å². The smallest absolute Gasteiger partial charge is 0.0517 e. The Kier molecular flexibility index (Phi) is 13.4. The highest BCUT2D eigenvalue weighted by Gasteiger charge is 2.08. The summed E-state index contributed by atoms with van der Waals surface area (Å²) in [6, 6.07) is 11.3. The van der Waals surface area contributed by atoms with Gasteiger partial charge in [-0.15, -0.1) is 0 Å². The first-order valence-corrected chi connectivity index (χ1v) is 17.4. The summed E-state index contributed by atoms with van der Waals surface area (Å²) in [6.45, 7) is 13.3. The fourth-order valence-corrected chi connectivity index (χ4v) is 6.09. The summed E-state index contributed by atoms with van der Waals surface area (Å²) < 4.78 is 0. The summed E-state index contributed by atoms with van der Waals surface area (Å²) in [4.78, 5) is 27.6. The zero-order valence-corrected chi connectivity index (χ0v) is 29.4. The second kappa shape index (κ2) is 18.3. The van der Waals surface area contributed by atoms with Crippen LogP contribution in [0.15, 0.2) is 61.4 Å². The van der Waals surface area contributed by atoms with Crippen molar-refractivity contribution in [1.82, 2.24) is 15.1 Å². The zero-order chi connectivity index (χ0) is 35.3. The maximum Gasteiger partial charge on any atom is 0.0517 e. The second-order valence-electron chi connectivity index (χ2n) is 12.9. The quantitative estimate of drug-likeness (QED) is 0.386. The van der Waals surface area contributed by atoms with E-state index in [2.05, 4.69) is 40.1 Å². The van der Waals surface area contributed by atoms with Crippen molar-refractivity contribution in [3.8, 4) is 17.2 Å². The normalized spacial score (nSPS) is 19.8. The Hall–Kier alpha value is -4.71. The molecule has 0 amide bonds. The molecule has 0 aromatic heterocycles. The van der Waals surface area contributed by atoms with Crippen molar-refractivity contribution in [2.45, 2.75) is 27.3 Å². The van der Waals surface area contributed by atoms with Crippen molar-refractivity contribution in [2.24, 2.45) is 25.0 Å². The summed E-state index contributed by atoms with van der Waals surface area (Å²) in [6.07, 6.45) is 8.32. The molecule has 0 fully saturated rings. The molecule has 0 radical (unpaired) electrons. The number of benzene rings is 3. The van der Waals surface area contributed by atoms with E-state index in [9.17, 15) is 15.3 Å². The molecule has 0 saturated carbocycles. The van der Waals surface area contributed by atoms with E-state index < -0.39 is 0 Å². The Balaban J connectivity index is 1.49. The molecule has 0 aliphatic carbocycles. The second-order valence-corrected chi connectivity index (χ2v) is 12.9. The third-order valence-corrected chi connectivity index (χ3v) is 8.72. The topological polar surface area (TPSA) is 149 Å². The number of fused-ring (bicyclic) bond motifs is 13. The van der Waals surface area contributed by atoms with E-state index in [0.29, 0.717) is 118 Å². The SMILES string of the molecule is Cc1cc2c([O-])c(c1)C=NCCN1CCN=Cc3cc(C)cc(c3[O-])C=NCCN(CCN=C2)CCN=Cc2cc(C)cc(c2[O-])CNCC1. The number of nitrogens with one attached hydrogen (secondary N) is 1. The van der Waals surface area contributed by atoms with Crippen LogP contribution in [0.1, 0.15) is 50.1 Å². The number of hydrogen-bond donors (Lipinski definition) is 1. The Bertz CT molecular complexity index is 1680. The average molecular weight is 676 g/mol. The van der Waals surface area contributed by atoms with Crippen molar-refractivity contribution in [1.29, 1.82) is 0 Å². The Morgan fingerprint density at radius 1 is 0.460 bits per heavy atom. The summed E-state index contributed by atoms with van der Waals surface area (Å²) in [5, 5.41) is 43.3. The third-order valence-electron chi connectivity index (χ3n) is 8.72. The first kappa shape index (κ1) is 36.6. The lowest BCUT2D eigenvalue weighted by molar-refractivity contribution is -0.270. The van der Waals surface area contributed by atoms with Crippen molar-refractivity contribution < 1.29 is 15.3 Å². The van der Waals surface area contributed by atoms with Crippen molar-refractivity contribution >= 4 is 31.1 Å². The number of nitrogens with zero attached hydrogens (tertiary/aromatic N) is 7. The molecule has 50 heavy (non-hydrogen) atoms. The van der Waals surface area contributed by atoms with Crippen LogP contribution in [0, 0.1) is 20.8 Å². The van der Waals surface area contributed by atoms with Gasteiger partial charge < -0.3 is 20.6 Å². The molecule has 0 spiro atoms. The molecule has 0 atom stereocenters. The van der Waals surface area contributed by atoms with E-state index in [-0.39, 0.29) is 17.2 Å². The van der Waals surface area contributed by atoms with Gasteiger partial charge in [-0.2, -0.15) is 0 Å². The van der Waals surface area contributed by atoms with E-state index in [1.54, 1.807) is 31.1 Å². The largest absolute Gasteiger partial charge is 0.872 e. The molecule has 11 heteroatoms. The minimum atomic E-state index is -0.0877. The Morgan fingerprint density at radius 3 is 1.16 bits per heavy atom. The van der Waals surface area contributed by atoms with Crippen LogP contribution in [0.5, 0.6) is 17.2 Å². The number of hydrogen-bond acceptors (Lipinski definition) is 11. The molecule has 3 heterocycles. The lowest BCUT2D eigenvalue weighted by Crippen LogP contribution is -2.35. The van der Waals surface area contributed by atoms with Crippen LogP contribution in [-0.2, 0) is 6.54 Å². The predicted octanol–water partition coefficient (Wildman–Crippen LogP) is 2.05. The van der Waals surface area contributed by atoms with Gasteiger partial charge in [-0.25, -0.2) is 0 Å². The molecule has 264 valence electrons. The first-order chi connectivity index (χ1) is 24.3. The summed E-state index contributed by atoms with van der Waals surface area (Å²) in [5.74, 6) is -0.185. The summed E-state index contributed by atoms with van der Waals surface area (Å²) in [7, 11) is 0. The summed E-state index contributed by atoms with van der Waals surface area (Å²) >= 11 is 0. The fourth-order valence-electron chi connectivity index (χ4n) is 6.09. The molecule has 11 nitrogen and oxygen atoms in total. The van der Waals surface area contributed by atoms with Gasteiger partial charge in [-0.05, 0) is 65.3 Å². The molecule has 3 aliphatic heterocycles. The van der Waals surface area contributed by atoms with Crippen LogP contribution in [0.4, 0.5) is 0 Å². The molecule has 6 rings (SSSR count). The molecule has 8 bridgehead atoms. The van der Waals surface area contributed by atoms with Gasteiger partial charge >= 0.3 is 0 Å². The standard InChI is InChI=1S/C39H50N8O3/c1-28-16-31-22-40-4-10-46-12-6-42-24-33-18-29(2)19-34(38(33)49)25-43-7-13-47(11-5-41-23-32(17-28)37(31)48)15-9-45-27-36-21-30(3)20-35(39(36)50)26-44-8-14-46/h16-26,45,48-50H,4-15,27H2,1-3H3/p-3. The van der Waals surface area contributed by atoms with Crippen LogP contribution < -0.4 is 20.6 Å². The van der Waals surface area contributed by atoms with Crippen LogP contribution in [-0.4, -0.2) is 119 Å². The van der Waals surface area contributed by atoms with Gasteiger partial charge in [-0.3, -0.25) is 34.8 Å². The van der Waals surface area contributed by atoms with Gasteiger partial charge in [0, 0.05) is 83.4 Å². The highest BCUT2D eigenvalue weighted by molar-refractivity contribution is 5.93. The van der Waals surface area contributed by atoms with E-state index in [1.165, 1.54) is 0 Å². The maximum absolute atomic E-state index is 13.3. The highest BCUT2D eigenvalue weighted by Crippen LogP contribution is 2.22. The lowest BCUT2D eigenvalue weighted by atomic mass is 10.1. The number of aliphatic imine (C=N–C) groups is 5. The van der Waals surface area contributed by atoms with Gasteiger partial charge in [0.25, 0.3) is 0 Å². The van der Waals surface area contributed by atoms with Crippen molar-refractivity contribution in [3.05, 3.63) is 86.5 Å². The average Bonchev–Trinajstić information content (AvgIpc) is 3.08. The minimum Gasteiger partial charge on any atom is -0.872 e. The van der Waals surface area contributed by atoms with E-state index in [0.717, 1.165) is 16.7 Å². The summed E-state index contributed by atoms with van der Waals surface area (Å²) in [5.41, 5.74) is 6.43. The van der Waals surface area contributed by atoms with Gasteiger partial charge in [0.1, 0.15) is 0 Å². The third kappa shape index (κ3) is 10.6. The van der Waals surface area contributed by atoms with Gasteiger partial charge in [0.15, 0.2) is 0 Å². The van der Waals surface area contributed by atoms with Gasteiger partial charge in [0.05, 0.1) is 32.7 Å². The Labute approximate surface area is 295 Å². The molecule has 3 aromatic carbocycles. The van der Waals surface area contributed by atoms with E-state index in [1.807, 2.05) is 57.2 Å². The first-order valence-electron chi connectivity index (χ1n) is 17.4. The van der Waals surface area contributed by atoms with Crippen LogP contribution in [0.3, 0.4) is 0 Å². The molecule has 0 unspecified atom stereocenters. The van der Waals surface area contributed by atoms with Crippen LogP contribution >= 0.6 is 0 Å². The Morgan fingerprint density at radius 2 is 0.780 bits per heavy atom. The lowest BCUT2D eigenvalue weighted by Gasteiger charge is -2.23. The molecular weight excluding hydrogens is 628 g/mol. The molecule has 0 saturated heterocycles. The van der Waals surface area contributed by atoms with Crippen LogP contribution in [0.25, 0.3) is 0 Å². The molecule has 1 N–H and O–H groups in total. The van der Waals surface area contributed by atoms with Crippen molar-refractivity contribution in [2.75, 3.05) is 78.5 Å². The zero-order valence-electron chi connectivity index (χ0n) is 29.4. The van der Waals surface area contributed by atoms with Gasteiger partial charge in [0.2, 0.25) is 0 Å². The minimum absolute atomic E-state index is 0.0100. The fraction of sp³-hybridized carbons (Fsp3) is 0.410. The molecule has 3 aliphatic rings. The van der Waals surface area contributed by atoms with Crippen molar-refractivity contribution in [3.63, 3.8) is 0 Å². The monoisotopic (exact) mass is 675 g/mol. The maximum atomic E-state index is 13.3. The number of rotatable bonds is 0. The number of aryl methyl sites for hydroxylation is 3. The van der Waals surface area contributed by atoms with Crippen LogP contribution in [0.2, 0.25) is 0 Å². The molecular formula is C39H47N8O3-3. The molecule has 3 aromatic rings. The predicted molar refractivity (Wildman–Crippen MR) is 199 cm³/mol. The van der Waals surface area contributed by atoms with E-state index >= 15 is 0 Å². The van der Waals surface area contributed by atoms with Gasteiger partial charge in [-0.1, -0.05) is 59.2 Å².